The van der Waals surface area contributed by atoms with Gasteiger partial charge in [-0.25, -0.2) is 4.98 Å². The molecule has 1 aromatic heterocycles. The fraction of sp³-hybridized carbons (Fsp3) is 0. The minimum absolute atomic E-state index is 0.825. The average molecular weight is 332 g/mol. The highest BCUT2D eigenvalue weighted by Crippen LogP contribution is 2.28. The van der Waals surface area contributed by atoms with E-state index in [1.807, 2.05) is 60.0 Å². The molecule has 0 saturated heterocycles. The highest BCUT2D eigenvalue weighted by molar-refractivity contribution is 9.10. The number of thiazole rings is 1. The maximum Gasteiger partial charge on any atom is 0.127 e. The van der Waals surface area contributed by atoms with Crippen molar-refractivity contribution >= 4 is 27.3 Å². The molecule has 94 valence electrons. The third kappa shape index (κ3) is 3.03. The van der Waals surface area contributed by atoms with Crippen LogP contribution in [-0.2, 0) is 0 Å². The molecule has 0 N–H and O–H groups in total. The number of benzene rings is 2. The quantitative estimate of drug-likeness (QED) is 0.644. The van der Waals surface area contributed by atoms with Gasteiger partial charge in [0.1, 0.15) is 21.1 Å². The SMILES string of the molecule is Brc1csc(-c2ccc(Oc3ccccc3)cc2)n1. The molecular weight excluding hydrogens is 322 g/mol. The molecule has 3 rings (SSSR count). The zero-order chi connectivity index (χ0) is 13.1. The van der Waals surface area contributed by atoms with E-state index in [1.165, 1.54) is 0 Å². The Morgan fingerprint density at radius 3 is 2.21 bits per heavy atom. The Kier molecular flexibility index (Phi) is 3.62. The van der Waals surface area contributed by atoms with E-state index in [0.717, 1.165) is 26.7 Å². The van der Waals surface area contributed by atoms with E-state index in [9.17, 15) is 0 Å². The first-order valence-corrected chi connectivity index (χ1v) is 7.43. The van der Waals surface area contributed by atoms with Crippen LogP contribution in [-0.4, -0.2) is 4.98 Å². The predicted molar refractivity (Wildman–Crippen MR) is 81.8 cm³/mol. The Morgan fingerprint density at radius 1 is 0.895 bits per heavy atom. The molecule has 0 saturated carbocycles. The Hall–Kier alpha value is -1.65. The molecule has 0 fully saturated rings. The number of nitrogens with zero attached hydrogens (tertiary/aromatic N) is 1. The summed E-state index contributed by atoms with van der Waals surface area (Å²) in [7, 11) is 0. The number of ether oxygens (including phenoxy) is 1. The van der Waals surface area contributed by atoms with Crippen molar-refractivity contribution in [1.29, 1.82) is 0 Å². The van der Waals surface area contributed by atoms with Crippen LogP contribution in [0.1, 0.15) is 0 Å². The van der Waals surface area contributed by atoms with Crippen LogP contribution in [0.15, 0.2) is 64.6 Å². The normalized spacial score (nSPS) is 10.4. The molecular formula is C15H10BrNOS. The Bertz CT molecular complexity index is 664. The standard InChI is InChI=1S/C15H10BrNOS/c16-14-10-19-15(17-14)11-6-8-13(9-7-11)18-12-4-2-1-3-5-12/h1-10H. The summed E-state index contributed by atoms with van der Waals surface area (Å²) >= 11 is 4.98. The molecule has 19 heavy (non-hydrogen) atoms. The van der Waals surface area contributed by atoms with Gasteiger partial charge in [0.05, 0.1) is 0 Å². The molecule has 4 heteroatoms. The molecule has 0 aliphatic rings. The number of hydrogen-bond donors (Lipinski definition) is 0. The van der Waals surface area contributed by atoms with Crippen LogP contribution in [0.5, 0.6) is 11.5 Å². The summed E-state index contributed by atoms with van der Waals surface area (Å²) in [6.45, 7) is 0. The minimum Gasteiger partial charge on any atom is -0.457 e. The van der Waals surface area contributed by atoms with Crippen LogP contribution in [0.2, 0.25) is 0 Å². The second-order valence-electron chi connectivity index (χ2n) is 3.91. The highest BCUT2D eigenvalue weighted by Gasteiger charge is 2.03. The van der Waals surface area contributed by atoms with Gasteiger partial charge in [-0.3, -0.25) is 0 Å². The van der Waals surface area contributed by atoms with Crippen molar-refractivity contribution in [3.05, 3.63) is 64.6 Å². The smallest absolute Gasteiger partial charge is 0.127 e. The van der Waals surface area contributed by atoms with Gasteiger partial charge in [0.2, 0.25) is 0 Å². The third-order valence-electron chi connectivity index (χ3n) is 2.56. The van der Waals surface area contributed by atoms with Gasteiger partial charge in [-0.15, -0.1) is 11.3 Å². The van der Waals surface area contributed by atoms with Crippen LogP contribution in [0, 0.1) is 0 Å². The first-order valence-electron chi connectivity index (χ1n) is 5.75. The van der Waals surface area contributed by atoms with E-state index in [2.05, 4.69) is 20.9 Å². The molecule has 3 aromatic rings. The van der Waals surface area contributed by atoms with E-state index in [-0.39, 0.29) is 0 Å². The maximum absolute atomic E-state index is 5.75. The number of halogens is 1. The summed E-state index contributed by atoms with van der Waals surface area (Å²) in [5.41, 5.74) is 1.09. The third-order valence-corrected chi connectivity index (χ3v) is 4.16. The molecule has 1 heterocycles. The minimum atomic E-state index is 0.825. The molecule has 0 radical (unpaired) electrons. The van der Waals surface area contributed by atoms with Gasteiger partial charge < -0.3 is 4.74 Å². The van der Waals surface area contributed by atoms with Gasteiger partial charge in [0, 0.05) is 10.9 Å². The monoisotopic (exact) mass is 331 g/mol. The number of rotatable bonds is 3. The van der Waals surface area contributed by atoms with Crippen molar-refractivity contribution in [1.82, 2.24) is 4.98 Å². The van der Waals surface area contributed by atoms with E-state index in [1.54, 1.807) is 11.3 Å². The average Bonchev–Trinajstić information content (AvgIpc) is 2.87. The first kappa shape index (κ1) is 12.4. The van der Waals surface area contributed by atoms with E-state index in [0.29, 0.717) is 0 Å². The van der Waals surface area contributed by atoms with Crippen molar-refractivity contribution in [3.63, 3.8) is 0 Å². The Balaban J connectivity index is 1.79. The second kappa shape index (κ2) is 5.55. The van der Waals surface area contributed by atoms with Gasteiger partial charge in [-0.05, 0) is 52.3 Å². The summed E-state index contributed by atoms with van der Waals surface area (Å²) < 4.78 is 6.62. The van der Waals surface area contributed by atoms with Crippen molar-refractivity contribution in [2.24, 2.45) is 0 Å². The van der Waals surface area contributed by atoms with Crippen LogP contribution in [0.4, 0.5) is 0 Å². The van der Waals surface area contributed by atoms with E-state index in [4.69, 9.17) is 4.74 Å². The first-order chi connectivity index (χ1) is 9.31. The van der Waals surface area contributed by atoms with Crippen LogP contribution >= 0.6 is 27.3 Å². The van der Waals surface area contributed by atoms with E-state index < -0.39 is 0 Å². The van der Waals surface area contributed by atoms with Crippen molar-refractivity contribution < 1.29 is 4.74 Å². The molecule has 0 aliphatic carbocycles. The molecule has 0 amide bonds. The van der Waals surface area contributed by atoms with Gasteiger partial charge in [-0.1, -0.05) is 18.2 Å². The zero-order valence-corrected chi connectivity index (χ0v) is 12.3. The van der Waals surface area contributed by atoms with Crippen LogP contribution < -0.4 is 4.74 Å². The molecule has 0 bridgehead atoms. The molecule has 2 aromatic carbocycles. The van der Waals surface area contributed by atoms with Gasteiger partial charge in [-0.2, -0.15) is 0 Å². The molecule has 0 atom stereocenters. The lowest BCUT2D eigenvalue weighted by Crippen LogP contribution is -1.83. The summed E-state index contributed by atoms with van der Waals surface area (Å²) in [6.07, 6.45) is 0. The molecule has 0 aliphatic heterocycles. The number of para-hydroxylation sites is 1. The number of aromatic nitrogens is 1. The van der Waals surface area contributed by atoms with Crippen molar-refractivity contribution in [2.45, 2.75) is 0 Å². The molecule has 0 unspecified atom stereocenters. The van der Waals surface area contributed by atoms with Crippen molar-refractivity contribution in [2.75, 3.05) is 0 Å². The van der Waals surface area contributed by atoms with Crippen molar-refractivity contribution in [3.8, 4) is 22.1 Å². The topological polar surface area (TPSA) is 22.1 Å². The fourth-order valence-electron chi connectivity index (χ4n) is 1.68. The lowest BCUT2D eigenvalue weighted by atomic mass is 10.2. The number of hydrogen-bond acceptors (Lipinski definition) is 3. The molecule has 0 spiro atoms. The van der Waals surface area contributed by atoms with Gasteiger partial charge in [0.25, 0.3) is 0 Å². The predicted octanol–water partition coefficient (Wildman–Crippen LogP) is 5.36. The lowest BCUT2D eigenvalue weighted by Gasteiger charge is -2.05. The lowest BCUT2D eigenvalue weighted by molar-refractivity contribution is 0.483. The van der Waals surface area contributed by atoms with Gasteiger partial charge in [0.15, 0.2) is 0 Å². The maximum atomic E-state index is 5.75. The fourth-order valence-corrected chi connectivity index (χ4v) is 2.94. The highest BCUT2D eigenvalue weighted by atomic mass is 79.9. The second-order valence-corrected chi connectivity index (χ2v) is 5.59. The summed E-state index contributed by atoms with van der Waals surface area (Å²) in [5.74, 6) is 1.66. The summed E-state index contributed by atoms with van der Waals surface area (Å²) in [4.78, 5) is 4.39. The summed E-state index contributed by atoms with van der Waals surface area (Å²) in [6, 6.07) is 17.7. The zero-order valence-electron chi connectivity index (χ0n) is 9.92. The largest absolute Gasteiger partial charge is 0.457 e. The summed E-state index contributed by atoms with van der Waals surface area (Å²) in [5, 5.41) is 2.97. The van der Waals surface area contributed by atoms with Gasteiger partial charge >= 0.3 is 0 Å². The Morgan fingerprint density at radius 2 is 1.58 bits per heavy atom. The Labute approximate surface area is 123 Å². The van der Waals surface area contributed by atoms with Crippen LogP contribution in [0.3, 0.4) is 0 Å². The molecule has 2 nitrogen and oxygen atoms in total. The van der Waals surface area contributed by atoms with E-state index >= 15 is 0 Å². The van der Waals surface area contributed by atoms with Crippen LogP contribution in [0.25, 0.3) is 10.6 Å².